The lowest BCUT2D eigenvalue weighted by atomic mass is 9.65. The van der Waals surface area contributed by atoms with Crippen molar-refractivity contribution in [2.24, 2.45) is 9.98 Å². The van der Waals surface area contributed by atoms with Crippen LogP contribution in [0.2, 0.25) is 0 Å². The highest BCUT2D eigenvalue weighted by molar-refractivity contribution is 6.16. The van der Waals surface area contributed by atoms with Gasteiger partial charge in [-0.2, -0.15) is 0 Å². The lowest BCUT2D eigenvalue weighted by Crippen LogP contribution is -2.37. The van der Waals surface area contributed by atoms with Crippen LogP contribution >= 0.6 is 0 Å². The molecule has 5 heteroatoms. The largest absolute Gasteiger partial charge is 0.457 e. The lowest BCUT2D eigenvalue weighted by molar-refractivity contribution is 0.436. The summed E-state index contributed by atoms with van der Waals surface area (Å²) in [6.07, 6.45) is 1.47. The standard InChI is InChI=1S/C49H32N4O/c1-3-13-32(14-4-1)46-51-47(33-15-5-2-6-16-33)53-48(52-46)35-25-27-44-42(30-35)49(39-22-9-7-19-37(39)38-20-8-10-23-40(38)49)41-29-34(24-26-43(41)54-44)36-21-11-17-31-18-12-28-50-45(31)36/h1-30,46H,(H,51,52,53). The molecular weight excluding hydrogens is 661 g/mol. The third-order valence-electron chi connectivity index (χ3n) is 11.0. The van der Waals surface area contributed by atoms with E-state index in [0.717, 1.165) is 73.0 Å². The van der Waals surface area contributed by atoms with Gasteiger partial charge in [0, 0.05) is 39.4 Å². The van der Waals surface area contributed by atoms with Gasteiger partial charge in [0.2, 0.25) is 0 Å². The minimum atomic E-state index is -0.662. The first kappa shape index (κ1) is 30.5. The molecule has 1 unspecified atom stereocenters. The molecule has 254 valence electrons. The Morgan fingerprint density at radius 1 is 0.463 bits per heavy atom. The first-order valence-electron chi connectivity index (χ1n) is 18.3. The van der Waals surface area contributed by atoms with E-state index in [1.54, 1.807) is 0 Å². The van der Waals surface area contributed by atoms with E-state index < -0.39 is 11.6 Å². The molecule has 0 fully saturated rings. The van der Waals surface area contributed by atoms with Crippen LogP contribution < -0.4 is 10.1 Å². The van der Waals surface area contributed by atoms with Gasteiger partial charge in [-0.25, -0.2) is 9.98 Å². The van der Waals surface area contributed by atoms with Crippen LogP contribution in [-0.4, -0.2) is 16.7 Å². The number of amidine groups is 2. The van der Waals surface area contributed by atoms with Gasteiger partial charge in [0.05, 0.1) is 10.9 Å². The number of rotatable bonds is 4. The van der Waals surface area contributed by atoms with Gasteiger partial charge >= 0.3 is 0 Å². The summed E-state index contributed by atoms with van der Waals surface area (Å²) < 4.78 is 6.90. The van der Waals surface area contributed by atoms with E-state index in [0.29, 0.717) is 0 Å². The number of aliphatic imine (C=N–C) groups is 2. The van der Waals surface area contributed by atoms with Gasteiger partial charge in [-0.15, -0.1) is 0 Å². The quantitative estimate of drug-likeness (QED) is 0.200. The van der Waals surface area contributed by atoms with Gasteiger partial charge in [-0.05, 0) is 69.8 Å². The van der Waals surface area contributed by atoms with Crippen molar-refractivity contribution >= 4 is 22.6 Å². The van der Waals surface area contributed by atoms with Crippen molar-refractivity contribution in [3.05, 3.63) is 221 Å². The molecule has 1 aliphatic carbocycles. The number of hydrogen-bond donors (Lipinski definition) is 1. The Morgan fingerprint density at radius 2 is 1.04 bits per heavy atom. The summed E-state index contributed by atoms with van der Waals surface area (Å²) in [4.78, 5) is 15.2. The highest BCUT2D eigenvalue weighted by Gasteiger charge is 2.51. The van der Waals surface area contributed by atoms with E-state index in [1.165, 1.54) is 22.3 Å². The van der Waals surface area contributed by atoms with E-state index in [1.807, 2.05) is 48.7 Å². The highest BCUT2D eigenvalue weighted by atomic mass is 16.5. The molecule has 0 amide bonds. The number of nitrogens with zero attached hydrogens (tertiary/aromatic N) is 3. The average molecular weight is 693 g/mol. The molecule has 3 heterocycles. The van der Waals surface area contributed by atoms with Crippen LogP contribution in [0.5, 0.6) is 11.5 Å². The zero-order valence-corrected chi connectivity index (χ0v) is 29.1. The monoisotopic (exact) mass is 692 g/mol. The number of hydrogen-bond acceptors (Lipinski definition) is 5. The SMILES string of the molecule is c1ccc(C2=NC(c3ccccc3)N=C(c3ccc4c(c3)C3(c5cc(-c6cccc7cccnc67)ccc5O4)c4ccccc4-c4ccccc43)N2)cc1. The van der Waals surface area contributed by atoms with Crippen LogP contribution in [0.25, 0.3) is 33.2 Å². The van der Waals surface area contributed by atoms with E-state index in [4.69, 9.17) is 19.7 Å². The summed E-state index contributed by atoms with van der Waals surface area (Å²) in [7, 11) is 0. The maximum Gasteiger partial charge on any atom is 0.169 e. The molecule has 3 aliphatic rings. The topological polar surface area (TPSA) is 58.9 Å². The van der Waals surface area contributed by atoms with Gasteiger partial charge in [0.15, 0.2) is 6.17 Å². The van der Waals surface area contributed by atoms with E-state index >= 15 is 0 Å². The summed E-state index contributed by atoms with van der Waals surface area (Å²) in [5.74, 6) is 3.21. The van der Waals surface area contributed by atoms with Crippen molar-refractivity contribution in [3.8, 4) is 33.8 Å². The summed E-state index contributed by atoms with van der Waals surface area (Å²) >= 11 is 0. The number of ether oxygens (including phenoxy) is 1. The normalized spacial score (nSPS) is 15.9. The Hall–Kier alpha value is -7.11. The molecule has 0 radical (unpaired) electrons. The summed E-state index contributed by atoms with van der Waals surface area (Å²) in [6, 6.07) is 61.8. The Balaban J connectivity index is 1.15. The molecule has 1 atom stereocenters. The second-order valence-electron chi connectivity index (χ2n) is 14.0. The van der Waals surface area contributed by atoms with Crippen molar-refractivity contribution in [2.75, 3.05) is 0 Å². The Kier molecular flexibility index (Phi) is 6.76. The summed E-state index contributed by atoms with van der Waals surface area (Å²) in [5.41, 5.74) is 12.6. The fourth-order valence-corrected chi connectivity index (χ4v) is 8.67. The molecule has 0 saturated heterocycles. The molecule has 8 aromatic rings. The van der Waals surface area contributed by atoms with Crippen molar-refractivity contribution in [1.82, 2.24) is 10.3 Å². The minimum Gasteiger partial charge on any atom is -0.457 e. The Morgan fingerprint density at radius 3 is 1.76 bits per heavy atom. The molecule has 1 N–H and O–H groups in total. The number of pyridine rings is 1. The summed E-state index contributed by atoms with van der Waals surface area (Å²) in [5, 5.41) is 4.74. The Bertz CT molecular complexity index is 2790. The number of aromatic nitrogens is 1. The van der Waals surface area contributed by atoms with Gasteiger partial charge in [0.25, 0.3) is 0 Å². The number of para-hydroxylation sites is 1. The molecular formula is C49H32N4O. The predicted octanol–water partition coefficient (Wildman–Crippen LogP) is 10.9. The van der Waals surface area contributed by atoms with E-state index in [-0.39, 0.29) is 0 Å². The van der Waals surface area contributed by atoms with Crippen molar-refractivity contribution < 1.29 is 4.74 Å². The van der Waals surface area contributed by atoms with E-state index in [9.17, 15) is 0 Å². The predicted molar refractivity (Wildman–Crippen MR) is 216 cm³/mol. The van der Waals surface area contributed by atoms with Crippen molar-refractivity contribution in [2.45, 2.75) is 11.6 Å². The smallest absolute Gasteiger partial charge is 0.169 e. The molecule has 1 spiro atoms. The van der Waals surface area contributed by atoms with Crippen LogP contribution in [0.4, 0.5) is 0 Å². The third kappa shape index (κ3) is 4.55. The maximum absolute atomic E-state index is 6.90. The second kappa shape index (κ2) is 12.0. The molecule has 0 saturated carbocycles. The molecule has 0 bridgehead atoms. The number of benzene rings is 7. The minimum absolute atomic E-state index is 0.399. The second-order valence-corrected chi connectivity index (χ2v) is 14.0. The molecule has 54 heavy (non-hydrogen) atoms. The zero-order valence-electron chi connectivity index (χ0n) is 29.1. The third-order valence-corrected chi connectivity index (χ3v) is 11.0. The number of nitrogens with one attached hydrogen (secondary N) is 1. The van der Waals surface area contributed by atoms with Crippen LogP contribution in [0.3, 0.4) is 0 Å². The molecule has 5 nitrogen and oxygen atoms in total. The van der Waals surface area contributed by atoms with Crippen molar-refractivity contribution in [1.29, 1.82) is 0 Å². The fourth-order valence-electron chi connectivity index (χ4n) is 8.67. The Labute approximate surface area is 313 Å². The first-order valence-corrected chi connectivity index (χ1v) is 18.3. The van der Waals surface area contributed by atoms with Gasteiger partial charge < -0.3 is 10.1 Å². The molecule has 2 aliphatic heterocycles. The average Bonchev–Trinajstić information content (AvgIpc) is 3.54. The zero-order chi connectivity index (χ0) is 35.6. The molecule has 1 aromatic heterocycles. The number of fused-ring (bicyclic) bond motifs is 10. The van der Waals surface area contributed by atoms with Gasteiger partial charge in [-0.1, -0.05) is 140 Å². The lowest BCUT2D eigenvalue weighted by Gasteiger charge is -2.40. The van der Waals surface area contributed by atoms with Crippen LogP contribution in [0.15, 0.2) is 192 Å². The fraction of sp³-hybridized carbons (Fsp3) is 0.0408. The molecule has 7 aromatic carbocycles. The highest BCUT2D eigenvalue weighted by Crippen LogP contribution is 2.62. The van der Waals surface area contributed by atoms with Crippen molar-refractivity contribution in [3.63, 3.8) is 0 Å². The summed E-state index contributed by atoms with van der Waals surface area (Å²) in [6.45, 7) is 0. The van der Waals surface area contributed by atoms with E-state index in [2.05, 4.69) is 139 Å². The van der Waals surface area contributed by atoms with Crippen LogP contribution in [0.1, 0.15) is 45.1 Å². The van der Waals surface area contributed by atoms with Crippen LogP contribution in [0, 0.1) is 0 Å². The van der Waals surface area contributed by atoms with Crippen LogP contribution in [-0.2, 0) is 5.41 Å². The van der Waals surface area contributed by atoms with Gasteiger partial charge in [-0.3, -0.25) is 4.98 Å². The van der Waals surface area contributed by atoms with Gasteiger partial charge in [0.1, 0.15) is 23.2 Å². The molecule has 11 rings (SSSR count). The first-order chi connectivity index (χ1) is 26.8. The maximum atomic E-state index is 6.90.